The zero-order chi connectivity index (χ0) is 26.6. The smallest absolute Gasteiger partial charge is 0.320 e. The van der Waals surface area contributed by atoms with E-state index in [9.17, 15) is 14.4 Å². The molecule has 12 heteroatoms. The molecule has 1 aliphatic rings. The third-order valence-corrected chi connectivity index (χ3v) is 6.27. The second kappa shape index (κ2) is 10.9. The highest BCUT2D eigenvalue weighted by Gasteiger charge is 2.26. The first kappa shape index (κ1) is 25.2. The van der Waals surface area contributed by atoms with E-state index in [1.807, 2.05) is 19.1 Å². The molecule has 4 aromatic rings. The summed E-state index contributed by atoms with van der Waals surface area (Å²) in [6.45, 7) is 3.60. The van der Waals surface area contributed by atoms with Gasteiger partial charge in [-0.1, -0.05) is 29.8 Å². The topological polar surface area (TPSA) is 134 Å². The molecule has 1 atom stereocenters. The zero-order valence-electron chi connectivity index (χ0n) is 20.5. The fourth-order valence-corrected chi connectivity index (χ4v) is 4.42. The zero-order valence-corrected chi connectivity index (χ0v) is 21.3. The lowest BCUT2D eigenvalue weighted by Gasteiger charge is -2.17. The van der Waals surface area contributed by atoms with Crippen LogP contribution in [-0.2, 0) is 0 Å². The molecule has 0 radical (unpaired) electrons. The Bertz CT molecular complexity index is 1520. The number of rotatable bonds is 7. The molecule has 3 amide bonds. The van der Waals surface area contributed by atoms with Crippen LogP contribution in [-0.4, -0.2) is 63.0 Å². The van der Waals surface area contributed by atoms with Crippen molar-refractivity contribution in [1.82, 2.24) is 30.2 Å². The predicted octanol–water partition coefficient (Wildman–Crippen LogP) is 3.16. The maximum Gasteiger partial charge on any atom is 0.320 e. The van der Waals surface area contributed by atoms with Gasteiger partial charge >= 0.3 is 6.03 Å². The number of aromatic nitrogens is 4. The van der Waals surface area contributed by atoms with E-state index >= 15 is 0 Å². The highest BCUT2D eigenvalue weighted by Crippen LogP contribution is 2.20. The second-order valence-corrected chi connectivity index (χ2v) is 9.19. The molecule has 0 saturated carbocycles. The molecule has 1 fully saturated rings. The summed E-state index contributed by atoms with van der Waals surface area (Å²) in [6.07, 6.45) is 2.37. The minimum Gasteiger partial charge on any atom is -0.353 e. The van der Waals surface area contributed by atoms with Crippen molar-refractivity contribution in [2.24, 2.45) is 0 Å². The summed E-state index contributed by atoms with van der Waals surface area (Å²) in [5, 5.41) is 13.4. The number of urea groups is 1. The van der Waals surface area contributed by atoms with Gasteiger partial charge in [0.05, 0.1) is 6.20 Å². The van der Waals surface area contributed by atoms with E-state index in [2.05, 4.69) is 35.9 Å². The van der Waals surface area contributed by atoms with Crippen LogP contribution in [0.15, 0.2) is 60.8 Å². The first-order valence-electron chi connectivity index (χ1n) is 12.1. The molecule has 0 aliphatic carbocycles. The van der Waals surface area contributed by atoms with Gasteiger partial charge in [0.1, 0.15) is 17.2 Å². The minimum atomic E-state index is -0.350. The average molecular weight is 533 g/mol. The predicted molar refractivity (Wildman–Crippen MR) is 143 cm³/mol. The Balaban J connectivity index is 1.22. The lowest BCUT2D eigenvalue weighted by molar-refractivity contribution is 0.0935. The van der Waals surface area contributed by atoms with E-state index in [4.69, 9.17) is 11.6 Å². The summed E-state index contributed by atoms with van der Waals surface area (Å²) in [5.74, 6) is 0.468. The Kier molecular flexibility index (Phi) is 7.18. The molecule has 0 bridgehead atoms. The van der Waals surface area contributed by atoms with E-state index in [0.29, 0.717) is 41.7 Å². The van der Waals surface area contributed by atoms with Crippen molar-refractivity contribution in [1.29, 1.82) is 0 Å². The van der Waals surface area contributed by atoms with Crippen LogP contribution in [0.2, 0.25) is 5.02 Å². The Morgan fingerprint density at radius 1 is 1.05 bits per heavy atom. The summed E-state index contributed by atoms with van der Waals surface area (Å²) < 4.78 is 1.61. The van der Waals surface area contributed by atoms with E-state index in [0.717, 1.165) is 12.2 Å². The standard InChI is InChI=1S/C26H25ClN8O3/c1-2-28-26(38)32-21-15-35-22(31-21)9-10-23(33-35)34-12-11-18(14-34)29-25(37)20-8-4-7-19(30-20)24(36)16-5-3-6-17(27)13-16/h3-10,13,15,18H,2,11-12,14H2,1H3,(H,29,37)(H2,28,32,38)/t18-/m0/s1. The van der Waals surface area contributed by atoms with Crippen LogP contribution in [0.1, 0.15) is 39.9 Å². The molecule has 11 nitrogen and oxygen atoms in total. The molecule has 0 unspecified atom stereocenters. The SMILES string of the molecule is CCNC(=O)Nc1cn2nc(N3CC[C@H](NC(=O)c4cccc(C(=O)c5cccc(Cl)c5)n4)C3)ccc2n1. The lowest BCUT2D eigenvalue weighted by Crippen LogP contribution is -2.37. The number of halogens is 1. The summed E-state index contributed by atoms with van der Waals surface area (Å²) in [4.78, 5) is 48.2. The number of imidazole rings is 1. The maximum atomic E-state index is 12.9. The number of carbonyl (C=O) groups is 3. The fourth-order valence-electron chi connectivity index (χ4n) is 4.23. The molecule has 3 N–H and O–H groups in total. The quantitative estimate of drug-likeness (QED) is 0.311. The molecule has 4 heterocycles. The van der Waals surface area contributed by atoms with Crippen molar-refractivity contribution in [2.45, 2.75) is 19.4 Å². The van der Waals surface area contributed by atoms with Gasteiger partial charge in [-0.05, 0) is 49.7 Å². The Hall–Kier alpha value is -4.51. The van der Waals surface area contributed by atoms with Gasteiger partial charge in [0, 0.05) is 36.3 Å². The van der Waals surface area contributed by atoms with Crippen LogP contribution in [0.25, 0.3) is 5.65 Å². The molecule has 3 aromatic heterocycles. The second-order valence-electron chi connectivity index (χ2n) is 8.76. The van der Waals surface area contributed by atoms with Crippen molar-refractivity contribution >= 4 is 46.6 Å². The van der Waals surface area contributed by atoms with E-state index in [-0.39, 0.29) is 35.2 Å². The Morgan fingerprint density at radius 2 is 1.87 bits per heavy atom. The fraction of sp³-hybridized carbons (Fsp3) is 0.231. The normalized spacial score (nSPS) is 14.9. The monoisotopic (exact) mass is 532 g/mol. The van der Waals surface area contributed by atoms with Gasteiger partial charge < -0.3 is 15.5 Å². The summed E-state index contributed by atoms with van der Waals surface area (Å²) >= 11 is 6.00. The molecule has 1 saturated heterocycles. The van der Waals surface area contributed by atoms with Crippen LogP contribution in [0.4, 0.5) is 16.4 Å². The Morgan fingerprint density at radius 3 is 2.68 bits per heavy atom. The first-order valence-corrected chi connectivity index (χ1v) is 12.5. The number of amides is 3. The van der Waals surface area contributed by atoms with E-state index in [1.165, 1.54) is 0 Å². The minimum absolute atomic E-state index is 0.119. The molecular formula is C26H25ClN8O3. The number of fused-ring (bicyclic) bond motifs is 1. The summed E-state index contributed by atoms with van der Waals surface area (Å²) in [6, 6.07) is 14.6. The van der Waals surface area contributed by atoms with Gasteiger partial charge in [-0.15, -0.1) is 5.10 Å². The van der Waals surface area contributed by atoms with Gasteiger partial charge in [0.25, 0.3) is 5.91 Å². The van der Waals surface area contributed by atoms with Crippen molar-refractivity contribution in [3.63, 3.8) is 0 Å². The third kappa shape index (κ3) is 5.57. The number of nitrogens with zero attached hydrogens (tertiary/aromatic N) is 5. The number of ketones is 1. The summed E-state index contributed by atoms with van der Waals surface area (Å²) in [5.41, 5.74) is 1.35. The Labute approximate surface area is 223 Å². The van der Waals surface area contributed by atoms with Gasteiger partial charge in [-0.25, -0.2) is 19.3 Å². The highest BCUT2D eigenvalue weighted by molar-refractivity contribution is 6.31. The number of pyridine rings is 1. The maximum absolute atomic E-state index is 12.9. The highest BCUT2D eigenvalue weighted by atomic mass is 35.5. The van der Waals surface area contributed by atoms with Crippen molar-refractivity contribution in [3.8, 4) is 0 Å². The summed E-state index contributed by atoms with van der Waals surface area (Å²) in [7, 11) is 0. The van der Waals surface area contributed by atoms with Gasteiger partial charge in [0.15, 0.2) is 11.5 Å². The number of anilines is 2. The van der Waals surface area contributed by atoms with Crippen molar-refractivity contribution in [3.05, 3.63) is 82.8 Å². The van der Waals surface area contributed by atoms with Gasteiger partial charge in [-0.3, -0.25) is 14.9 Å². The lowest BCUT2D eigenvalue weighted by atomic mass is 10.1. The number of carbonyl (C=O) groups excluding carboxylic acids is 3. The van der Waals surface area contributed by atoms with Crippen LogP contribution in [0, 0.1) is 0 Å². The van der Waals surface area contributed by atoms with Crippen LogP contribution < -0.4 is 20.9 Å². The van der Waals surface area contributed by atoms with Crippen LogP contribution in [0.5, 0.6) is 0 Å². The molecule has 0 spiro atoms. The number of benzene rings is 1. The first-order chi connectivity index (χ1) is 18.4. The van der Waals surface area contributed by atoms with Gasteiger partial charge in [-0.2, -0.15) is 0 Å². The van der Waals surface area contributed by atoms with Crippen LogP contribution >= 0.6 is 11.6 Å². The molecule has 1 aliphatic heterocycles. The van der Waals surface area contributed by atoms with Crippen LogP contribution in [0.3, 0.4) is 0 Å². The largest absolute Gasteiger partial charge is 0.353 e. The molecular weight excluding hydrogens is 508 g/mol. The van der Waals surface area contributed by atoms with Crippen molar-refractivity contribution in [2.75, 3.05) is 29.9 Å². The number of hydrogen-bond donors (Lipinski definition) is 3. The molecule has 38 heavy (non-hydrogen) atoms. The van der Waals surface area contributed by atoms with E-state index < -0.39 is 0 Å². The third-order valence-electron chi connectivity index (χ3n) is 6.03. The van der Waals surface area contributed by atoms with Gasteiger partial charge in [0.2, 0.25) is 5.78 Å². The number of nitrogens with one attached hydrogen (secondary N) is 3. The number of hydrogen-bond acceptors (Lipinski definition) is 7. The van der Waals surface area contributed by atoms with Crippen molar-refractivity contribution < 1.29 is 14.4 Å². The molecule has 1 aromatic carbocycles. The van der Waals surface area contributed by atoms with E-state index in [1.54, 1.807) is 53.2 Å². The molecule has 194 valence electrons. The molecule has 5 rings (SSSR count). The average Bonchev–Trinajstić information content (AvgIpc) is 3.54.